The lowest BCUT2D eigenvalue weighted by Crippen LogP contribution is -2.77. The molecule has 5 heteroatoms. The maximum absolute atomic E-state index is 16.5. The van der Waals surface area contributed by atoms with Gasteiger partial charge < -0.3 is 0 Å². The molecule has 0 bridgehead atoms. The lowest BCUT2D eigenvalue weighted by atomic mass is 9.48. The van der Waals surface area contributed by atoms with E-state index in [-0.39, 0.29) is 22.2 Å². The molecule has 3 aliphatic rings. The predicted octanol–water partition coefficient (Wildman–Crippen LogP) is 9.22. The van der Waals surface area contributed by atoms with Crippen molar-refractivity contribution in [2.45, 2.75) is 109 Å². The second kappa shape index (κ2) is 10.2. The molecule has 3 aromatic heterocycles. The Labute approximate surface area is 285 Å². The second-order valence-electron chi connectivity index (χ2n) is 16.0. The Morgan fingerprint density at radius 3 is 2.40 bits per heavy atom. The van der Waals surface area contributed by atoms with Crippen molar-refractivity contribution in [3.8, 4) is 22.6 Å². The minimum absolute atomic E-state index is 0.0601. The monoisotopic (exact) mass is 640 g/mol. The second-order valence-corrected chi connectivity index (χ2v) is 16.0. The van der Waals surface area contributed by atoms with Gasteiger partial charge in [0.05, 0.1) is 22.7 Å². The molecular formula is C43H49FN4+2. The Balaban J connectivity index is 1.45. The van der Waals surface area contributed by atoms with Crippen LogP contribution in [0.25, 0.3) is 39.1 Å². The molecule has 2 atom stereocenters. The normalized spacial score (nSPS) is 21.6. The van der Waals surface area contributed by atoms with Crippen molar-refractivity contribution in [1.29, 1.82) is 0 Å². The largest absolute Gasteiger partial charge is 0.262 e. The van der Waals surface area contributed by atoms with Gasteiger partial charge in [-0.3, -0.25) is 4.68 Å². The van der Waals surface area contributed by atoms with Gasteiger partial charge in [0.25, 0.3) is 0 Å². The lowest BCUT2D eigenvalue weighted by Gasteiger charge is -2.54. The molecule has 4 nitrogen and oxygen atoms in total. The number of unbranched alkanes of at least 4 members (excludes halogenated alkanes) is 1. The maximum Gasteiger partial charge on any atom is 0.236 e. The van der Waals surface area contributed by atoms with Crippen molar-refractivity contribution in [3.05, 3.63) is 107 Å². The van der Waals surface area contributed by atoms with E-state index >= 15 is 4.39 Å². The van der Waals surface area contributed by atoms with Crippen molar-refractivity contribution in [1.82, 2.24) is 9.78 Å². The number of fused-ring (bicyclic) bond motifs is 3. The number of rotatable bonds is 7. The summed E-state index contributed by atoms with van der Waals surface area (Å²) < 4.78 is 23.5. The third-order valence-corrected chi connectivity index (χ3v) is 12.2. The molecule has 0 saturated heterocycles. The van der Waals surface area contributed by atoms with Crippen LogP contribution >= 0.6 is 0 Å². The number of pyridine rings is 2. The SMILES string of the molecule is CCCCc1cc2c3c4[n+](ccc3c1)C1(CC)C=C([n+]3ccccc3-c3cc(C(C)(C)C)nn3C)C1(CC)c1ccc(F)c(c1-4)C2(C)C. The number of benzene rings is 2. The van der Waals surface area contributed by atoms with Crippen LogP contribution in [0.4, 0.5) is 4.39 Å². The lowest BCUT2D eigenvalue weighted by molar-refractivity contribution is -0.764. The number of hydrogen-bond donors (Lipinski definition) is 0. The summed E-state index contributed by atoms with van der Waals surface area (Å²) in [6.07, 6.45) is 12.2. The number of aromatic nitrogens is 4. The van der Waals surface area contributed by atoms with Gasteiger partial charge in [0, 0.05) is 48.1 Å². The van der Waals surface area contributed by atoms with E-state index in [4.69, 9.17) is 5.10 Å². The molecule has 48 heavy (non-hydrogen) atoms. The average molecular weight is 641 g/mol. The molecule has 2 aliphatic carbocycles. The molecule has 8 rings (SSSR count). The van der Waals surface area contributed by atoms with Crippen LogP contribution in [0.2, 0.25) is 0 Å². The van der Waals surface area contributed by atoms with E-state index in [0.29, 0.717) is 0 Å². The molecule has 4 heterocycles. The van der Waals surface area contributed by atoms with Crippen molar-refractivity contribution in [2.75, 3.05) is 0 Å². The molecular weight excluding hydrogens is 591 g/mol. The van der Waals surface area contributed by atoms with Gasteiger partial charge >= 0.3 is 0 Å². The zero-order valence-corrected chi connectivity index (χ0v) is 30.1. The minimum Gasteiger partial charge on any atom is -0.262 e. The predicted molar refractivity (Wildman–Crippen MR) is 192 cm³/mol. The van der Waals surface area contributed by atoms with Crippen LogP contribution in [0, 0.1) is 5.82 Å². The molecule has 1 aliphatic heterocycles. The number of halogens is 1. The molecule has 0 spiro atoms. The fourth-order valence-electron chi connectivity index (χ4n) is 9.72. The zero-order valence-electron chi connectivity index (χ0n) is 30.1. The summed E-state index contributed by atoms with van der Waals surface area (Å²) in [6, 6.07) is 19.7. The van der Waals surface area contributed by atoms with E-state index in [2.05, 4.69) is 132 Å². The summed E-state index contributed by atoms with van der Waals surface area (Å²) in [6.45, 7) is 18.0. The number of allylic oxidation sites excluding steroid dienone is 2. The van der Waals surface area contributed by atoms with Crippen LogP contribution in [0.5, 0.6) is 0 Å². The summed E-state index contributed by atoms with van der Waals surface area (Å²) in [5.74, 6) is -0.107. The highest BCUT2D eigenvalue weighted by molar-refractivity contribution is 6.02. The maximum atomic E-state index is 16.5. The highest BCUT2D eigenvalue weighted by Gasteiger charge is 2.74. The molecule has 0 saturated carbocycles. The number of nitrogens with zero attached hydrogens (tertiary/aromatic N) is 4. The fourth-order valence-corrected chi connectivity index (χ4v) is 9.72. The first kappa shape index (κ1) is 31.2. The van der Waals surface area contributed by atoms with Gasteiger partial charge in [-0.05, 0) is 59.5 Å². The van der Waals surface area contributed by atoms with Crippen LogP contribution in [0.3, 0.4) is 0 Å². The first-order chi connectivity index (χ1) is 22.9. The third-order valence-electron chi connectivity index (χ3n) is 12.2. The third kappa shape index (κ3) is 3.74. The van der Waals surface area contributed by atoms with Crippen molar-refractivity contribution >= 4 is 16.5 Å². The summed E-state index contributed by atoms with van der Waals surface area (Å²) in [4.78, 5) is 0. The Kier molecular flexibility index (Phi) is 6.62. The standard InChI is InChI=1S/C43H49FN4/c1-10-13-16-27-23-28-20-22-48-39-36(28)30(24-27)41(7,8)38-31(44)19-18-29(37(38)39)43(12-3)35(26-42(43,48)11-2)47-21-15-14-17-32(47)33-25-34(40(4,5)6)45-46(33)9/h14-15,17-26H,10-13,16H2,1-9H3/q+2. The van der Waals surface area contributed by atoms with E-state index in [0.717, 1.165) is 60.3 Å². The average Bonchev–Trinajstić information content (AvgIpc) is 3.45. The number of aryl methyl sites for hydroxylation is 2. The van der Waals surface area contributed by atoms with Gasteiger partial charge in [-0.25, -0.2) is 4.39 Å². The minimum atomic E-state index is -0.486. The summed E-state index contributed by atoms with van der Waals surface area (Å²) in [7, 11) is 2.05. The van der Waals surface area contributed by atoms with Crippen LogP contribution in [-0.4, -0.2) is 9.78 Å². The van der Waals surface area contributed by atoms with Crippen LogP contribution in [0.15, 0.2) is 73.1 Å². The Hall–Kier alpha value is -4.12. The van der Waals surface area contributed by atoms with Crippen LogP contribution < -0.4 is 9.13 Å². The van der Waals surface area contributed by atoms with Crippen LogP contribution in [-0.2, 0) is 35.3 Å². The topological polar surface area (TPSA) is 25.6 Å². The van der Waals surface area contributed by atoms with Gasteiger partial charge in [0.2, 0.25) is 22.6 Å². The molecule has 0 amide bonds. The van der Waals surface area contributed by atoms with E-state index < -0.39 is 5.41 Å². The van der Waals surface area contributed by atoms with Gasteiger partial charge in [-0.2, -0.15) is 14.2 Å². The van der Waals surface area contributed by atoms with E-state index in [9.17, 15) is 0 Å². The van der Waals surface area contributed by atoms with E-state index in [1.165, 1.54) is 38.9 Å². The molecule has 0 fully saturated rings. The van der Waals surface area contributed by atoms with E-state index in [1.54, 1.807) is 6.07 Å². The summed E-state index contributed by atoms with van der Waals surface area (Å²) in [5.41, 5.74) is 10.3. The molecule has 0 N–H and O–H groups in total. The Morgan fingerprint density at radius 2 is 1.71 bits per heavy atom. The fraction of sp³-hybridized carbons (Fsp3) is 0.419. The van der Waals surface area contributed by atoms with Gasteiger partial charge in [0.1, 0.15) is 16.9 Å². The highest BCUT2D eigenvalue weighted by Crippen LogP contribution is 2.64. The van der Waals surface area contributed by atoms with Crippen molar-refractivity contribution in [3.63, 3.8) is 0 Å². The first-order valence-corrected chi connectivity index (χ1v) is 18.0. The summed E-state index contributed by atoms with van der Waals surface area (Å²) in [5, 5.41) is 7.51. The van der Waals surface area contributed by atoms with Gasteiger partial charge in [-0.1, -0.05) is 80.0 Å². The summed E-state index contributed by atoms with van der Waals surface area (Å²) >= 11 is 0. The zero-order chi connectivity index (χ0) is 34.0. The van der Waals surface area contributed by atoms with Gasteiger partial charge in [-0.15, -0.1) is 0 Å². The van der Waals surface area contributed by atoms with Crippen molar-refractivity contribution in [2.24, 2.45) is 7.05 Å². The molecule has 2 unspecified atom stereocenters. The van der Waals surface area contributed by atoms with E-state index in [1.807, 2.05) is 11.7 Å². The Morgan fingerprint density at radius 1 is 0.917 bits per heavy atom. The quantitative estimate of drug-likeness (QED) is 0.163. The Bertz CT molecular complexity index is 2200. The van der Waals surface area contributed by atoms with Gasteiger partial charge in [0.15, 0.2) is 12.4 Å². The smallest absolute Gasteiger partial charge is 0.236 e. The molecule has 5 aromatic rings. The molecule has 2 aromatic carbocycles. The molecule has 0 radical (unpaired) electrons. The van der Waals surface area contributed by atoms with Crippen LogP contribution in [0.1, 0.15) is 109 Å². The van der Waals surface area contributed by atoms with Crippen molar-refractivity contribution < 1.29 is 13.5 Å². The molecule has 246 valence electrons. The highest BCUT2D eigenvalue weighted by atomic mass is 19.1. The first-order valence-electron chi connectivity index (χ1n) is 18.0. The number of hydrogen-bond acceptors (Lipinski definition) is 1.